The van der Waals surface area contributed by atoms with Crippen molar-refractivity contribution in [1.29, 1.82) is 0 Å². The summed E-state index contributed by atoms with van der Waals surface area (Å²) >= 11 is 0. The Morgan fingerprint density at radius 1 is 1.43 bits per heavy atom. The van der Waals surface area contributed by atoms with Gasteiger partial charge in [-0.05, 0) is 6.42 Å². The SMILES string of the molecule is O=C1C[C@@H](C(F)F)Cc2ncncc21. The first kappa shape index (κ1) is 9.18. The van der Waals surface area contributed by atoms with E-state index < -0.39 is 12.3 Å². The van der Waals surface area contributed by atoms with Crippen LogP contribution in [0.4, 0.5) is 8.78 Å². The summed E-state index contributed by atoms with van der Waals surface area (Å²) < 4.78 is 24.8. The molecule has 0 radical (unpaired) electrons. The van der Waals surface area contributed by atoms with Crippen LogP contribution in [0.15, 0.2) is 12.5 Å². The molecule has 0 fully saturated rings. The molecule has 0 saturated carbocycles. The summed E-state index contributed by atoms with van der Waals surface area (Å²) in [7, 11) is 0. The summed E-state index contributed by atoms with van der Waals surface area (Å²) in [6.07, 6.45) is 0.285. The molecule has 1 atom stereocenters. The van der Waals surface area contributed by atoms with E-state index in [1.54, 1.807) is 0 Å². The van der Waals surface area contributed by atoms with Gasteiger partial charge in [0.15, 0.2) is 5.78 Å². The van der Waals surface area contributed by atoms with Gasteiger partial charge in [-0.15, -0.1) is 0 Å². The first-order valence-electron chi connectivity index (χ1n) is 4.28. The number of carbonyl (C=O) groups is 1. The number of ketones is 1. The van der Waals surface area contributed by atoms with Crippen molar-refractivity contribution in [3.63, 3.8) is 0 Å². The van der Waals surface area contributed by atoms with Gasteiger partial charge in [-0.1, -0.05) is 0 Å². The zero-order valence-electron chi connectivity index (χ0n) is 7.28. The molecular weight excluding hydrogens is 190 g/mol. The number of alkyl halides is 2. The van der Waals surface area contributed by atoms with Gasteiger partial charge < -0.3 is 0 Å². The average molecular weight is 198 g/mol. The summed E-state index contributed by atoms with van der Waals surface area (Å²) in [5.41, 5.74) is 0.839. The quantitative estimate of drug-likeness (QED) is 0.686. The van der Waals surface area contributed by atoms with Crippen LogP contribution in [-0.4, -0.2) is 22.2 Å². The summed E-state index contributed by atoms with van der Waals surface area (Å²) in [5, 5.41) is 0. The number of hydrogen-bond acceptors (Lipinski definition) is 3. The number of rotatable bonds is 1. The Kier molecular flexibility index (Phi) is 2.23. The van der Waals surface area contributed by atoms with Gasteiger partial charge in [0.1, 0.15) is 6.33 Å². The van der Waals surface area contributed by atoms with Crippen molar-refractivity contribution < 1.29 is 13.6 Å². The topological polar surface area (TPSA) is 42.9 Å². The molecular formula is C9H8F2N2O. The van der Waals surface area contributed by atoms with Crippen molar-refractivity contribution >= 4 is 5.78 Å². The smallest absolute Gasteiger partial charge is 0.242 e. The van der Waals surface area contributed by atoms with Crippen molar-refractivity contribution in [3.8, 4) is 0 Å². The van der Waals surface area contributed by atoms with Crippen LogP contribution in [0, 0.1) is 5.92 Å². The summed E-state index contributed by atoms with van der Waals surface area (Å²) in [6.45, 7) is 0. The molecule has 1 aliphatic carbocycles. The summed E-state index contributed by atoms with van der Waals surface area (Å²) in [5.74, 6) is -1.16. The molecule has 0 aliphatic heterocycles. The third-order valence-electron chi connectivity index (χ3n) is 2.35. The van der Waals surface area contributed by atoms with Crippen molar-refractivity contribution in [1.82, 2.24) is 9.97 Å². The highest BCUT2D eigenvalue weighted by atomic mass is 19.3. The molecule has 0 spiro atoms. The van der Waals surface area contributed by atoms with E-state index in [-0.39, 0.29) is 18.6 Å². The van der Waals surface area contributed by atoms with E-state index >= 15 is 0 Å². The van der Waals surface area contributed by atoms with Crippen LogP contribution in [-0.2, 0) is 6.42 Å². The highest BCUT2D eigenvalue weighted by molar-refractivity contribution is 5.97. The van der Waals surface area contributed by atoms with Crippen LogP contribution in [0.25, 0.3) is 0 Å². The maximum absolute atomic E-state index is 12.4. The van der Waals surface area contributed by atoms with E-state index in [1.165, 1.54) is 12.5 Å². The Morgan fingerprint density at radius 3 is 2.93 bits per heavy atom. The first-order valence-corrected chi connectivity index (χ1v) is 4.28. The molecule has 3 nitrogen and oxygen atoms in total. The number of nitrogens with zero attached hydrogens (tertiary/aromatic N) is 2. The third kappa shape index (κ3) is 1.49. The van der Waals surface area contributed by atoms with Gasteiger partial charge in [0, 0.05) is 18.5 Å². The van der Waals surface area contributed by atoms with Crippen molar-refractivity contribution in [3.05, 3.63) is 23.8 Å². The lowest BCUT2D eigenvalue weighted by atomic mass is 9.87. The minimum atomic E-state index is -2.46. The lowest BCUT2D eigenvalue weighted by Gasteiger charge is -2.21. The monoisotopic (exact) mass is 198 g/mol. The van der Waals surface area contributed by atoms with Crippen LogP contribution in [0.5, 0.6) is 0 Å². The number of carbonyl (C=O) groups excluding carboxylic acids is 1. The van der Waals surface area contributed by atoms with E-state index in [9.17, 15) is 13.6 Å². The zero-order chi connectivity index (χ0) is 10.1. The molecule has 0 aromatic carbocycles. The lowest BCUT2D eigenvalue weighted by Crippen LogP contribution is -2.26. The summed E-state index contributed by atoms with van der Waals surface area (Å²) in [4.78, 5) is 18.9. The fourth-order valence-corrected chi connectivity index (χ4v) is 1.60. The predicted molar refractivity (Wildman–Crippen MR) is 44.2 cm³/mol. The Hall–Kier alpha value is -1.39. The molecule has 2 rings (SSSR count). The van der Waals surface area contributed by atoms with Crippen LogP contribution in [0.3, 0.4) is 0 Å². The number of hydrogen-bond donors (Lipinski definition) is 0. The molecule has 74 valence electrons. The summed E-state index contributed by atoms with van der Waals surface area (Å²) in [6, 6.07) is 0. The molecule has 0 bridgehead atoms. The van der Waals surface area contributed by atoms with E-state index in [0.29, 0.717) is 11.3 Å². The molecule has 1 aromatic heterocycles. The van der Waals surface area contributed by atoms with Crippen LogP contribution in [0.2, 0.25) is 0 Å². The second-order valence-corrected chi connectivity index (χ2v) is 3.31. The van der Waals surface area contributed by atoms with E-state index in [2.05, 4.69) is 9.97 Å². The van der Waals surface area contributed by atoms with Gasteiger partial charge in [-0.2, -0.15) is 0 Å². The standard InChI is InChI=1S/C9H8F2N2O/c10-9(11)5-1-7-6(8(14)2-5)3-12-4-13-7/h3-5,9H,1-2H2/t5-/m0/s1. The Bertz CT molecular complexity index is 368. The zero-order valence-corrected chi connectivity index (χ0v) is 7.28. The van der Waals surface area contributed by atoms with Gasteiger partial charge in [0.25, 0.3) is 0 Å². The van der Waals surface area contributed by atoms with Gasteiger partial charge in [-0.3, -0.25) is 4.79 Å². The van der Waals surface area contributed by atoms with Crippen LogP contribution >= 0.6 is 0 Å². The number of aromatic nitrogens is 2. The highest BCUT2D eigenvalue weighted by Gasteiger charge is 2.31. The third-order valence-corrected chi connectivity index (χ3v) is 2.35. The van der Waals surface area contributed by atoms with E-state index in [4.69, 9.17) is 0 Å². The molecule has 0 amide bonds. The molecule has 1 heterocycles. The predicted octanol–water partition coefficient (Wildman–Crippen LogP) is 1.49. The van der Waals surface area contributed by atoms with Crippen LogP contribution in [0.1, 0.15) is 22.5 Å². The number of Topliss-reactive ketones (excluding diaryl/α,β-unsaturated/α-hetero) is 1. The second-order valence-electron chi connectivity index (χ2n) is 3.31. The fraction of sp³-hybridized carbons (Fsp3) is 0.444. The molecule has 0 unspecified atom stereocenters. The van der Waals surface area contributed by atoms with Gasteiger partial charge in [0.2, 0.25) is 6.43 Å². The number of fused-ring (bicyclic) bond motifs is 1. The average Bonchev–Trinajstić information content (AvgIpc) is 2.17. The van der Waals surface area contributed by atoms with Crippen molar-refractivity contribution in [2.75, 3.05) is 0 Å². The second kappa shape index (κ2) is 3.40. The molecule has 0 N–H and O–H groups in total. The van der Waals surface area contributed by atoms with E-state index in [0.717, 1.165) is 0 Å². The molecule has 0 saturated heterocycles. The lowest BCUT2D eigenvalue weighted by molar-refractivity contribution is 0.0591. The minimum absolute atomic E-state index is 0.0992. The maximum Gasteiger partial charge on any atom is 0.242 e. The van der Waals surface area contributed by atoms with Gasteiger partial charge in [0.05, 0.1) is 11.3 Å². The van der Waals surface area contributed by atoms with Crippen LogP contribution < -0.4 is 0 Å². The molecule has 5 heteroatoms. The first-order chi connectivity index (χ1) is 6.68. The van der Waals surface area contributed by atoms with Gasteiger partial charge >= 0.3 is 0 Å². The normalized spacial score (nSPS) is 21.1. The minimum Gasteiger partial charge on any atom is -0.294 e. The van der Waals surface area contributed by atoms with Gasteiger partial charge in [-0.25, -0.2) is 18.7 Å². The Balaban J connectivity index is 2.33. The number of halogens is 2. The Morgan fingerprint density at radius 2 is 2.21 bits per heavy atom. The van der Waals surface area contributed by atoms with Crippen molar-refractivity contribution in [2.45, 2.75) is 19.3 Å². The maximum atomic E-state index is 12.4. The molecule has 1 aliphatic rings. The Labute approximate surface area is 79.2 Å². The molecule has 1 aromatic rings. The highest BCUT2D eigenvalue weighted by Crippen LogP contribution is 2.27. The molecule has 14 heavy (non-hydrogen) atoms. The fourth-order valence-electron chi connectivity index (χ4n) is 1.60. The largest absolute Gasteiger partial charge is 0.294 e. The van der Waals surface area contributed by atoms with E-state index in [1.807, 2.05) is 0 Å². The van der Waals surface area contributed by atoms with Crippen molar-refractivity contribution in [2.24, 2.45) is 5.92 Å².